The SMILES string of the molecule is C[C@@H]1c2cc(F)ccc2OCCOc2nn(C)c(C#N)c2-c2cnc3[nH]cc1c3c2. The molecule has 4 heterocycles. The highest BCUT2D eigenvalue weighted by atomic mass is 19.1. The molecule has 0 fully saturated rings. The Morgan fingerprint density at radius 1 is 1.23 bits per heavy atom. The minimum atomic E-state index is -0.320. The Bertz CT molecular complexity index is 1320. The molecule has 0 spiro atoms. The molecular formula is C22H18FN5O2. The van der Waals surface area contributed by atoms with Crippen molar-refractivity contribution in [3.05, 3.63) is 59.3 Å². The van der Waals surface area contributed by atoms with E-state index in [1.54, 1.807) is 19.3 Å². The van der Waals surface area contributed by atoms with Gasteiger partial charge in [0.15, 0.2) is 0 Å². The summed E-state index contributed by atoms with van der Waals surface area (Å²) >= 11 is 0. The normalized spacial score (nSPS) is 15.7. The standard InChI is InChI=1S/C22H18FN5O2/c1-12-15-8-14(23)3-4-19(15)29-5-6-30-22-20(18(9-24)28(2)27-22)13-7-16-17(12)11-26-21(16)25-10-13/h3-4,7-8,10-12H,5-6H2,1-2H3,(H,25,26)/t12-/m1/s1. The van der Waals surface area contributed by atoms with Gasteiger partial charge in [0.05, 0.1) is 5.56 Å². The first-order valence-electron chi connectivity index (χ1n) is 9.56. The molecule has 1 atom stereocenters. The molecule has 30 heavy (non-hydrogen) atoms. The van der Waals surface area contributed by atoms with Crippen molar-refractivity contribution < 1.29 is 13.9 Å². The van der Waals surface area contributed by atoms with Gasteiger partial charge in [0.25, 0.3) is 0 Å². The number of aromatic amines is 1. The Balaban J connectivity index is 1.77. The first-order chi connectivity index (χ1) is 14.6. The van der Waals surface area contributed by atoms with Crippen LogP contribution in [0.25, 0.3) is 22.2 Å². The number of hydrogen-bond donors (Lipinski definition) is 1. The molecule has 1 aliphatic heterocycles. The van der Waals surface area contributed by atoms with Crippen LogP contribution in [0.1, 0.15) is 29.7 Å². The van der Waals surface area contributed by atoms with E-state index >= 15 is 0 Å². The van der Waals surface area contributed by atoms with Crippen molar-refractivity contribution in [2.75, 3.05) is 13.2 Å². The Labute approximate surface area is 171 Å². The van der Waals surface area contributed by atoms with E-state index in [9.17, 15) is 9.65 Å². The van der Waals surface area contributed by atoms with Gasteiger partial charge >= 0.3 is 0 Å². The number of hydrogen-bond acceptors (Lipinski definition) is 5. The Hall–Kier alpha value is -3.86. The molecule has 3 aromatic heterocycles. The number of nitrogens with zero attached hydrogens (tertiary/aromatic N) is 4. The predicted molar refractivity (Wildman–Crippen MR) is 108 cm³/mol. The van der Waals surface area contributed by atoms with Gasteiger partial charge in [-0.3, -0.25) is 4.68 Å². The second kappa shape index (κ2) is 6.88. The predicted octanol–water partition coefficient (Wildman–Crippen LogP) is 3.90. The van der Waals surface area contributed by atoms with E-state index in [4.69, 9.17) is 9.47 Å². The summed E-state index contributed by atoms with van der Waals surface area (Å²) in [6, 6.07) is 8.69. The highest BCUT2D eigenvalue weighted by molar-refractivity contribution is 5.87. The van der Waals surface area contributed by atoms with Gasteiger partial charge in [-0.2, -0.15) is 5.26 Å². The molecule has 1 N–H and O–H groups in total. The lowest BCUT2D eigenvalue weighted by molar-refractivity contribution is 0.210. The summed E-state index contributed by atoms with van der Waals surface area (Å²) in [6.07, 6.45) is 3.58. The van der Waals surface area contributed by atoms with E-state index in [-0.39, 0.29) is 24.9 Å². The molecule has 2 bridgehead atoms. The minimum Gasteiger partial charge on any atom is -0.490 e. The van der Waals surface area contributed by atoms with Gasteiger partial charge in [0.2, 0.25) is 5.88 Å². The van der Waals surface area contributed by atoms with E-state index in [1.165, 1.54) is 16.8 Å². The van der Waals surface area contributed by atoms with Crippen molar-refractivity contribution in [3.63, 3.8) is 0 Å². The number of aromatic nitrogens is 4. The average Bonchev–Trinajstić information content (AvgIpc) is 3.30. The van der Waals surface area contributed by atoms with Crippen molar-refractivity contribution in [3.8, 4) is 28.8 Å². The van der Waals surface area contributed by atoms with Crippen molar-refractivity contribution in [2.45, 2.75) is 12.8 Å². The van der Waals surface area contributed by atoms with Gasteiger partial charge in [-0.15, -0.1) is 5.10 Å². The molecule has 0 saturated carbocycles. The third-order valence-electron chi connectivity index (χ3n) is 5.46. The monoisotopic (exact) mass is 403 g/mol. The van der Waals surface area contributed by atoms with E-state index in [0.717, 1.165) is 22.1 Å². The molecule has 5 rings (SSSR count). The van der Waals surface area contributed by atoms with E-state index in [2.05, 4.69) is 21.1 Å². The zero-order valence-electron chi connectivity index (χ0n) is 16.4. The topological polar surface area (TPSA) is 88.8 Å². The van der Waals surface area contributed by atoms with Crippen LogP contribution in [-0.4, -0.2) is 33.0 Å². The van der Waals surface area contributed by atoms with Crippen LogP contribution in [-0.2, 0) is 7.05 Å². The van der Waals surface area contributed by atoms with Gasteiger partial charge in [-0.25, -0.2) is 9.37 Å². The summed E-state index contributed by atoms with van der Waals surface area (Å²) in [5.74, 6) is 0.484. The van der Waals surface area contributed by atoms with Gasteiger partial charge < -0.3 is 14.5 Å². The quantitative estimate of drug-likeness (QED) is 0.481. The number of halogens is 1. The van der Waals surface area contributed by atoms with E-state index in [1.807, 2.05) is 19.2 Å². The van der Waals surface area contributed by atoms with Crippen molar-refractivity contribution in [1.82, 2.24) is 19.7 Å². The molecule has 1 aliphatic rings. The fraction of sp³-hybridized carbons (Fsp3) is 0.227. The maximum absolute atomic E-state index is 14.0. The van der Waals surface area contributed by atoms with Crippen molar-refractivity contribution in [1.29, 1.82) is 5.26 Å². The van der Waals surface area contributed by atoms with Gasteiger partial charge in [-0.05, 0) is 29.8 Å². The molecule has 0 radical (unpaired) electrons. The molecule has 1 aromatic carbocycles. The Morgan fingerprint density at radius 2 is 2.07 bits per heavy atom. The second-order valence-corrected chi connectivity index (χ2v) is 7.23. The highest BCUT2D eigenvalue weighted by Crippen LogP contribution is 2.39. The third-order valence-corrected chi connectivity index (χ3v) is 5.46. The number of nitriles is 1. The minimum absolute atomic E-state index is 0.146. The number of benzene rings is 1. The van der Waals surface area contributed by atoms with Crippen LogP contribution in [0.4, 0.5) is 4.39 Å². The molecule has 0 amide bonds. The summed E-state index contributed by atoms with van der Waals surface area (Å²) in [5.41, 5.74) is 4.12. The summed E-state index contributed by atoms with van der Waals surface area (Å²) in [7, 11) is 1.70. The lowest BCUT2D eigenvalue weighted by atomic mass is 9.91. The smallest absolute Gasteiger partial charge is 0.242 e. The fourth-order valence-electron chi connectivity index (χ4n) is 3.95. The van der Waals surface area contributed by atoms with E-state index < -0.39 is 0 Å². The first kappa shape index (κ1) is 18.2. The van der Waals surface area contributed by atoms with Gasteiger partial charge in [-0.1, -0.05) is 6.92 Å². The largest absolute Gasteiger partial charge is 0.490 e. The number of nitrogens with one attached hydrogen (secondary N) is 1. The zero-order valence-corrected chi connectivity index (χ0v) is 16.4. The average molecular weight is 403 g/mol. The first-order valence-corrected chi connectivity index (χ1v) is 9.56. The molecule has 7 nitrogen and oxygen atoms in total. The molecule has 0 aliphatic carbocycles. The van der Waals surface area contributed by atoms with Gasteiger partial charge in [0.1, 0.15) is 42.2 Å². The van der Waals surface area contributed by atoms with Crippen molar-refractivity contribution in [2.24, 2.45) is 7.05 Å². The van der Waals surface area contributed by atoms with E-state index in [0.29, 0.717) is 28.5 Å². The summed E-state index contributed by atoms with van der Waals surface area (Å²) < 4.78 is 27.3. The Kier molecular flexibility index (Phi) is 4.17. The number of aryl methyl sites for hydroxylation is 1. The third kappa shape index (κ3) is 2.78. The lowest BCUT2D eigenvalue weighted by Gasteiger charge is -2.17. The molecule has 0 unspecified atom stereocenters. The highest BCUT2D eigenvalue weighted by Gasteiger charge is 2.24. The number of H-pyrrole nitrogens is 1. The van der Waals surface area contributed by atoms with Crippen LogP contribution in [0.2, 0.25) is 0 Å². The number of fused-ring (bicyclic) bond motifs is 4. The summed E-state index contributed by atoms with van der Waals surface area (Å²) in [4.78, 5) is 7.72. The second-order valence-electron chi connectivity index (χ2n) is 7.23. The number of ether oxygens (including phenoxy) is 2. The van der Waals surface area contributed by atoms with Crippen LogP contribution in [0.3, 0.4) is 0 Å². The van der Waals surface area contributed by atoms with Crippen LogP contribution in [0, 0.1) is 17.1 Å². The lowest BCUT2D eigenvalue weighted by Crippen LogP contribution is -2.11. The molecule has 0 saturated heterocycles. The number of rotatable bonds is 0. The van der Waals surface area contributed by atoms with Gasteiger partial charge in [0, 0.05) is 41.9 Å². The molecule has 150 valence electrons. The summed E-state index contributed by atoms with van der Waals surface area (Å²) in [5, 5.41) is 14.9. The molecule has 8 heteroatoms. The Morgan fingerprint density at radius 3 is 2.90 bits per heavy atom. The van der Waals surface area contributed by atoms with Crippen molar-refractivity contribution >= 4 is 11.0 Å². The molecule has 4 aromatic rings. The molecular weight excluding hydrogens is 385 g/mol. The van der Waals surface area contributed by atoms with Crippen LogP contribution >= 0.6 is 0 Å². The maximum Gasteiger partial charge on any atom is 0.242 e. The zero-order chi connectivity index (χ0) is 20.8. The fourth-order valence-corrected chi connectivity index (χ4v) is 3.95. The summed E-state index contributed by atoms with van der Waals surface area (Å²) in [6.45, 7) is 2.48. The number of pyridine rings is 1. The maximum atomic E-state index is 14.0. The van der Waals surface area contributed by atoms with Crippen LogP contribution in [0.15, 0.2) is 36.7 Å². The van der Waals surface area contributed by atoms with Crippen LogP contribution in [0.5, 0.6) is 11.6 Å². The van der Waals surface area contributed by atoms with Crippen LogP contribution < -0.4 is 9.47 Å².